The summed E-state index contributed by atoms with van der Waals surface area (Å²) in [4.78, 5) is 28.5. The van der Waals surface area contributed by atoms with Crippen LogP contribution in [0.3, 0.4) is 0 Å². The van der Waals surface area contributed by atoms with Crippen LogP contribution < -0.4 is 10.6 Å². The van der Waals surface area contributed by atoms with Gasteiger partial charge in [-0.1, -0.05) is 35.9 Å². The van der Waals surface area contributed by atoms with Crippen molar-refractivity contribution in [1.29, 1.82) is 0 Å². The highest BCUT2D eigenvalue weighted by Gasteiger charge is 2.27. The number of hydrogen-bond donors (Lipinski definition) is 2. The van der Waals surface area contributed by atoms with Gasteiger partial charge < -0.3 is 15.1 Å². The molecular weight excluding hydrogens is 422 g/mol. The maximum atomic E-state index is 12.9. The predicted octanol–water partition coefficient (Wildman–Crippen LogP) is 3.88. The molecule has 0 saturated carbocycles. The van der Waals surface area contributed by atoms with Gasteiger partial charge in [0.2, 0.25) is 11.8 Å². The third-order valence-electron chi connectivity index (χ3n) is 5.89. The zero-order valence-electron chi connectivity index (χ0n) is 18.3. The minimum absolute atomic E-state index is 0.00435. The van der Waals surface area contributed by atoms with E-state index >= 15 is 0 Å². The molecule has 0 aliphatic carbocycles. The Morgan fingerprint density at radius 2 is 1.91 bits per heavy atom. The number of benzene rings is 1. The lowest BCUT2D eigenvalue weighted by Crippen LogP contribution is -2.45. The summed E-state index contributed by atoms with van der Waals surface area (Å²) in [5, 5.41) is 8.19. The van der Waals surface area contributed by atoms with E-state index in [0.29, 0.717) is 13.1 Å². The van der Waals surface area contributed by atoms with Crippen LogP contribution in [0, 0.1) is 12.8 Å². The summed E-state index contributed by atoms with van der Waals surface area (Å²) in [6, 6.07) is 15.9. The third-order valence-corrected chi connectivity index (χ3v) is 6.82. The SMILES string of the molecule is Cc1ccc(C(NC(=O)CN2CCC(C(=O)NCc3ccco3)CC2)c2cccs2)cc1. The molecule has 1 fully saturated rings. The number of likely N-dealkylation sites (tertiary alicyclic amines) is 1. The normalized spacial score (nSPS) is 15.9. The number of nitrogens with one attached hydrogen (secondary N) is 2. The van der Waals surface area contributed by atoms with Gasteiger partial charge in [-0.3, -0.25) is 14.5 Å². The molecule has 32 heavy (non-hydrogen) atoms. The summed E-state index contributed by atoms with van der Waals surface area (Å²) in [7, 11) is 0. The Morgan fingerprint density at radius 3 is 2.56 bits per heavy atom. The van der Waals surface area contributed by atoms with Crippen LogP contribution in [-0.2, 0) is 16.1 Å². The van der Waals surface area contributed by atoms with Gasteiger partial charge in [-0.2, -0.15) is 0 Å². The minimum atomic E-state index is -0.145. The van der Waals surface area contributed by atoms with Crippen molar-refractivity contribution in [2.75, 3.05) is 19.6 Å². The number of carbonyl (C=O) groups excluding carboxylic acids is 2. The molecule has 0 radical (unpaired) electrons. The quantitative estimate of drug-likeness (QED) is 0.545. The zero-order valence-corrected chi connectivity index (χ0v) is 19.1. The van der Waals surface area contributed by atoms with Crippen molar-refractivity contribution in [3.63, 3.8) is 0 Å². The average Bonchev–Trinajstić information content (AvgIpc) is 3.51. The number of hydrogen-bond acceptors (Lipinski definition) is 5. The van der Waals surface area contributed by atoms with E-state index in [9.17, 15) is 9.59 Å². The smallest absolute Gasteiger partial charge is 0.234 e. The summed E-state index contributed by atoms with van der Waals surface area (Å²) >= 11 is 1.65. The Bertz CT molecular complexity index is 992. The summed E-state index contributed by atoms with van der Waals surface area (Å²) in [6.45, 7) is 4.29. The molecule has 1 aliphatic rings. The zero-order chi connectivity index (χ0) is 22.3. The van der Waals surface area contributed by atoms with Crippen molar-refractivity contribution < 1.29 is 14.0 Å². The molecule has 1 atom stereocenters. The van der Waals surface area contributed by atoms with Gasteiger partial charge >= 0.3 is 0 Å². The molecule has 3 heterocycles. The average molecular weight is 452 g/mol. The highest BCUT2D eigenvalue weighted by Crippen LogP contribution is 2.26. The standard InChI is InChI=1S/C25H29N3O3S/c1-18-6-8-19(9-7-18)24(22-5-3-15-32-22)27-23(29)17-28-12-10-20(11-13-28)25(30)26-16-21-4-2-14-31-21/h2-9,14-15,20,24H,10-13,16-17H2,1H3,(H,26,30)(H,27,29). The lowest BCUT2D eigenvalue weighted by Gasteiger charge is -2.31. The van der Waals surface area contributed by atoms with Crippen LogP contribution >= 0.6 is 11.3 Å². The number of carbonyl (C=O) groups is 2. The monoisotopic (exact) mass is 451 g/mol. The molecule has 0 bridgehead atoms. The molecule has 0 spiro atoms. The lowest BCUT2D eigenvalue weighted by atomic mass is 9.96. The molecule has 2 N–H and O–H groups in total. The van der Waals surface area contributed by atoms with E-state index in [1.807, 2.05) is 23.6 Å². The number of aryl methyl sites for hydroxylation is 1. The molecule has 1 aromatic carbocycles. The lowest BCUT2D eigenvalue weighted by molar-refractivity contribution is -0.127. The van der Waals surface area contributed by atoms with Gasteiger partial charge in [-0.05, 0) is 62.0 Å². The van der Waals surface area contributed by atoms with E-state index < -0.39 is 0 Å². The molecule has 1 aliphatic heterocycles. The van der Waals surface area contributed by atoms with Crippen LogP contribution in [0.4, 0.5) is 0 Å². The maximum Gasteiger partial charge on any atom is 0.234 e. The van der Waals surface area contributed by atoms with Gasteiger partial charge in [0, 0.05) is 10.8 Å². The number of nitrogens with zero attached hydrogens (tertiary/aromatic N) is 1. The second-order valence-corrected chi connectivity index (χ2v) is 9.25. The van der Waals surface area contributed by atoms with Gasteiger partial charge in [0.25, 0.3) is 0 Å². The molecule has 7 heteroatoms. The number of thiophene rings is 1. The van der Waals surface area contributed by atoms with Crippen LogP contribution in [0.5, 0.6) is 0 Å². The second kappa shape index (κ2) is 10.6. The van der Waals surface area contributed by atoms with E-state index in [1.54, 1.807) is 17.6 Å². The Morgan fingerprint density at radius 1 is 1.12 bits per heavy atom. The maximum absolute atomic E-state index is 12.9. The van der Waals surface area contributed by atoms with E-state index in [1.165, 1.54) is 5.56 Å². The third kappa shape index (κ3) is 5.87. The van der Waals surface area contributed by atoms with Crippen molar-refractivity contribution >= 4 is 23.2 Å². The first-order chi connectivity index (χ1) is 15.6. The van der Waals surface area contributed by atoms with Gasteiger partial charge in [0.15, 0.2) is 0 Å². The molecule has 168 valence electrons. The summed E-state index contributed by atoms with van der Waals surface area (Å²) in [5.41, 5.74) is 2.28. The highest BCUT2D eigenvalue weighted by molar-refractivity contribution is 7.10. The van der Waals surface area contributed by atoms with Crippen molar-refractivity contribution in [3.05, 3.63) is 81.9 Å². The van der Waals surface area contributed by atoms with Crippen LogP contribution in [0.1, 0.15) is 40.6 Å². The Balaban J connectivity index is 1.27. The first kappa shape index (κ1) is 22.3. The highest BCUT2D eigenvalue weighted by atomic mass is 32.1. The molecule has 6 nitrogen and oxygen atoms in total. The summed E-state index contributed by atoms with van der Waals surface area (Å²) < 4.78 is 5.26. The van der Waals surface area contributed by atoms with Crippen molar-refractivity contribution in [3.8, 4) is 0 Å². The fraction of sp³-hybridized carbons (Fsp3) is 0.360. The van der Waals surface area contributed by atoms with Gasteiger partial charge in [0.05, 0.1) is 25.4 Å². The van der Waals surface area contributed by atoms with Gasteiger partial charge in [-0.25, -0.2) is 0 Å². The molecule has 1 unspecified atom stereocenters. The Kier molecular flexibility index (Phi) is 7.39. The van der Waals surface area contributed by atoms with E-state index in [-0.39, 0.29) is 23.8 Å². The van der Waals surface area contributed by atoms with E-state index in [2.05, 4.69) is 52.8 Å². The molecule has 3 aromatic rings. The number of amides is 2. The molecule has 2 amide bonds. The fourth-order valence-corrected chi connectivity index (χ4v) is 4.83. The van der Waals surface area contributed by atoms with Crippen LogP contribution in [0.2, 0.25) is 0 Å². The first-order valence-corrected chi connectivity index (χ1v) is 11.9. The van der Waals surface area contributed by atoms with Crippen molar-refractivity contribution in [1.82, 2.24) is 15.5 Å². The minimum Gasteiger partial charge on any atom is -0.467 e. The number of furan rings is 1. The topological polar surface area (TPSA) is 74.6 Å². The Labute approximate surface area is 192 Å². The molecule has 2 aromatic heterocycles. The van der Waals surface area contributed by atoms with E-state index in [4.69, 9.17) is 4.42 Å². The van der Waals surface area contributed by atoms with Crippen LogP contribution in [-0.4, -0.2) is 36.3 Å². The van der Waals surface area contributed by atoms with E-state index in [0.717, 1.165) is 42.1 Å². The van der Waals surface area contributed by atoms with Gasteiger partial charge in [0.1, 0.15) is 5.76 Å². The first-order valence-electron chi connectivity index (χ1n) is 11.0. The second-order valence-electron chi connectivity index (χ2n) is 8.27. The summed E-state index contributed by atoms with van der Waals surface area (Å²) in [6.07, 6.45) is 3.11. The van der Waals surface area contributed by atoms with Crippen molar-refractivity contribution in [2.45, 2.75) is 32.4 Å². The summed E-state index contributed by atoms with van der Waals surface area (Å²) in [5.74, 6) is 0.796. The molecule has 4 rings (SSSR count). The number of piperidine rings is 1. The fourth-order valence-electron chi connectivity index (χ4n) is 4.03. The predicted molar refractivity (Wildman–Crippen MR) is 125 cm³/mol. The van der Waals surface area contributed by atoms with Crippen molar-refractivity contribution in [2.24, 2.45) is 5.92 Å². The molecular formula is C25H29N3O3S. The molecule has 1 saturated heterocycles. The van der Waals surface area contributed by atoms with Crippen LogP contribution in [0.25, 0.3) is 0 Å². The Hall–Kier alpha value is -2.90. The van der Waals surface area contributed by atoms with Crippen LogP contribution in [0.15, 0.2) is 64.6 Å². The number of rotatable bonds is 8. The largest absolute Gasteiger partial charge is 0.467 e. The van der Waals surface area contributed by atoms with Gasteiger partial charge in [-0.15, -0.1) is 11.3 Å².